The van der Waals surface area contributed by atoms with Crippen LogP contribution in [0.2, 0.25) is 0 Å². The number of hydrogen-bond acceptors (Lipinski definition) is 7. The number of amides is 1. The van der Waals surface area contributed by atoms with Crippen molar-refractivity contribution in [3.63, 3.8) is 0 Å². The van der Waals surface area contributed by atoms with Crippen LogP contribution in [0.25, 0.3) is 11.3 Å². The van der Waals surface area contributed by atoms with Gasteiger partial charge in [0.15, 0.2) is 5.13 Å². The fraction of sp³-hybridized carbons (Fsp3) is 0.333. The topological polar surface area (TPSA) is 109 Å². The molecule has 2 aromatic carbocycles. The number of nitrogens with one attached hydrogen (secondary N) is 3. The first kappa shape index (κ1) is 25.7. The number of anilines is 2. The van der Waals surface area contributed by atoms with Crippen LogP contribution >= 0.6 is 11.3 Å². The summed E-state index contributed by atoms with van der Waals surface area (Å²) in [5.41, 5.74) is 2.55. The molecule has 0 aliphatic heterocycles. The predicted octanol–water partition coefficient (Wildman–Crippen LogP) is 4.51. The molecule has 0 radical (unpaired) electrons. The molecule has 3 aromatic rings. The summed E-state index contributed by atoms with van der Waals surface area (Å²) >= 11 is 1.50. The predicted molar refractivity (Wildman–Crippen MR) is 137 cm³/mol. The second-order valence-corrected chi connectivity index (χ2v) is 11.3. The van der Waals surface area contributed by atoms with Crippen molar-refractivity contribution in [2.45, 2.75) is 44.0 Å². The second-order valence-electron chi connectivity index (χ2n) is 8.75. The molecule has 1 aromatic heterocycles. The highest BCUT2D eigenvalue weighted by atomic mass is 32.2. The summed E-state index contributed by atoms with van der Waals surface area (Å²) in [6.45, 7) is 5.37. The Morgan fingerprint density at radius 3 is 2.41 bits per heavy atom. The maximum Gasteiger partial charge on any atom is 0.241 e. The van der Waals surface area contributed by atoms with E-state index < -0.39 is 15.6 Å². The molecule has 0 fully saturated rings. The Labute approximate surface area is 204 Å². The smallest absolute Gasteiger partial charge is 0.241 e. The average Bonchev–Trinajstić information content (AvgIpc) is 3.26. The fourth-order valence-electron chi connectivity index (χ4n) is 3.25. The van der Waals surface area contributed by atoms with Gasteiger partial charge in [0.05, 0.1) is 23.4 Å². The van der Waals surface area contributed by atoms with E-state index in [0.717, 1.165) is 22.0 Å². The molecule has 1 heterocycles. The van der Waals surface area contributed by atoms with Gasteiger partial charge in [-0.15, -0.1) is 11.3 Å². The Morgan fingerprint density at radius 2 is 1.82 bits per heavy atom. The number of benzene rings is 2. The highest BCUT2D eigenvalue weighted by Gasteiger charge is 2.21. The molecule has 0 aliphatic carbocycles. The molecule has 3 N–H and O–H groups in total. The number of sulfonamides is 1. The molecule has 0 saturated carbocycles. The minimum atomic E-state index is -3.59. The average molecular weight is 503 g/mol. The van der Waals surface area contributed by atoms with Crippen LogP contribution in [0, 0.1) is 0 Å². The number of aromatic nitrogens is 1. The van der Waals surface area contributed by atoms with Crippen molar-refractivity contribution in [3.05, 3.63) is 53.4 Å². The SMILES string of the molecule is CNc1nc(-c2ccc(OC)c(NC(=O)CCc3ccc(S(=O)(=O)NC(C)(C)C)cc3)c2)cs1. The van der Waals surface area contributed by atoms with Crippen LogP contribution < -0.4 is 20.1 Å². The van der Waals surface area contributed by atoms with E-state index in [-0.39, 0.29) is 17.2 Å². The maximum atomic E-state index is 12.6. The first-order valence-electron chi connectivity index (χ1n) is 10.8. The highest BCUT2D eigenvalue weighted by Crippen LogP contribution is 2.32. The van der Waals surface area contributed by atoms with E-state index in [0.29, 0.717) is 17.9 Å². The zero-order valence-electron chi connectivity index (χ0n) is 19.9. The molecule has 8 nitrogen and oxygen atoms in total. The number of methoxy groups -OCH3 is 1. The van der Waals surface area contributed by atoms with Gasteiger partial charge < -0.3 is 15.4 Å². The lowest BCUT2D eigenvalue weighted by Gasteiger charge is -2.20. The van der Waals surface area contributed by atoms with Gasteiger partial charge in [0.2, 0.25) is 15.9 Å². The molecular weight excluding hydrogens is 472 g/mol. The van der Waals surface area contributed by atoms with Gasteiger partial charge in [0.1, 0.15) is 5.75 Å². The first-order chi connectivity index (χ1) is 16.0. The molecule has 10 heteroatoms. The molecule has 1 amide bonds. The molecule has 0 saturated heterocycles. The first-order valence-corrected chi connectivity index (χ1v) is 13.1. The Kier molecular flexibility index (Phi) is 7.96. The van der Waals surface area contributed by atoms with E-state index in [1.165, 1.54) is 11.3 Å². The summed E-state index contributed by atoms with van der Waals surface area (Å²) < 4.78 is 32.9. The number of aryl methyl sites for hydroxylation is 1. The summed E-state index contributed by atoms with van der Waals surface area (Å²) in [6, 6.07) is 12.1. The zero-order chi connectivity index (χ0) is 24.9. The molecular formula is C24H30N4O4S2. The summed E-state index contributed by atoms with van der Waals surface area (Å²) in [5, 5.41) is 8.68. The van der Waals surface area contributed by atoms with E-state index in [1.54, 1.807) is 58.2 Å². The third-order valence-corrected chi connectivity index (χ3v) is 7.44. The Bertz CT molecular complexity index is 1250. The second kappa shape index (κ2) is 10.5. The quantitative estimate of drug-likeness (QED) is 0.397. The van der Waals surface area contributed by atoms with Crippen molar-refractivity contribution in [2.24, 2.45) is 0 Å². The minimum absolute atomic E-state index is 0.171. The summed E-state index contributed by atoms with van der Waals surface area (Å²) in [5.74, 6) is 0.387. The zero-order valence-corrected chi connectivity index (χ0v) is 21.6. The number of carbonyl (C=O) groups is 1. The summed E-state index contributed by atoms with van der Waals surface area (Å²) in [4.78, 5) is 17.3. The van der Waals surface area contributed by atoms with Gasteiger partial charge in [-0.25, -0.2) is 18.1 Å². The standard InChI is InChI=1S/C24H30N4O4S2/c1-24(2,3)28-34(30,31)18-10-6-16(7-11-18)8-13-22(29)26-19-14-17(9-12-21(19)32-5)20-15-33-23(25-4)27-20/h6-7,9-12,14-15,28H,8,13H2,1-5H3,(H,25,27)(H,26,29). The van der Waals surface area contributed by atoms with Crippen LogP contribution in [-0.4, -0.2) is 39.0 Å². The van der Waals surface area contributed by atoms with Crippen molar-refractivity contribution < 1.29 is 17.9 Å². The van der Waals surface area contributed by atoms with Gasteiger partial charge in [0, 0.05) is 30.0 Å². The Hall–Kier alpha value is -2.95. The van der Waals surface area contributed by atoms with Crippen LogP contribution in [0.1, 0.15) is 32.8 Å². The number of nitrogens with zero attached hydrogens (tertiary/aromatic N) is 1. The molecule has 3 rings (SSSR count). The van der Waals surface area contributed by atoms with Crippen LogP contribution in [-0.2, 0) is 21.2 Å². The normalized spacial score (nSPS) is 11.8. The number of hydrogen-bond donors (Lipinski definition) is 3. The number of thiazole rings is 1. The number of ether oxygens (including phenoxy) is 1. The number of rotatable bonds is 9. The summed E-state index contributed by atoms with van der Waals surface area (Å²) in [6.07, 6.45) is 0.707. The fourth-order valence-corrected chi connectivity index (χ4v) is 5.35. The van der Waals surface area contributed by atoms with Crippen molar-refractivity contribution >= 4 is 38.1 Å². The summed E-state index contributed by atoms with van der Waals surface area (Å²) in [7, 11) is -0.224. The molecule has 0 bridgehead atoms. The largest absolute Gasteiger partial charge is 0.495 e. The van der Waals surface area contributed by atoms with Crippen LogP contribution in [0.4, 0.5) is 10.8 Å². The van der Waals surface area contributed by atoms with Crippen molar-refractivity contribution in [3.8, 4) is 17.0 Å². The van der Waals surface area contributed by atoms with Gasteiger partial charge in [-0.1, -0.05) is 12.1 Å². The molecule has 0 unspecified atom stereocenters. The molecule has 182 valence electrons. The molecule has 0 spiro atoms. The van der Waals surface area contributed by atoms with Gasteiger partial charge in [-0.3, -0.25) is 4.79 Å². The maximum absolute atomic E-state index is 12.6. The van der Waals surface area contributed by atoms with Crippen LogP contribution in [0.3, 0.4) is 0 Å². The van der Waals surface area contributed by atoms with Crippen LogP contribution in [0.15, 0.2) is 52.7 Å². The van der Waals surface area contributed by atoms with Gasteiger partial charge in [0.25, 0.3) is 0 Å². The van der Waals surface area contributed by atoms with Gasteiger partial charge in [-0.05, 0) is 63.1 Å². The van der Waals surface area contributed by atoms with Crippen molar-refractivity contribution in [1.29, 1.82) is 0 Å². The van der Waals surface area contributed by atoms with E-state index in [4.69, 9.17) is 4.74 Å². The van der Waals surface area contributed by atoms with Crippen molar-refractivity contribution in [2.75, 3.05) is 24.8 Å². The molecule has 0 atom stereocenters. The monoisotopic (exact) mass is 502 g/mol. The highest BCUT2D eigenvalue weighted by molar-refractivity contribution is 7.89. The lowest BCUT2D eigenvalue weighted by molar-refractivity contribution is -0.116. The third kappa shape index (κ3) is 6.78. The van der Waals surface area contributed by atoms with Gasteiger partial charge in [-0.2, -0.15) is 0 Å². The van der Waals surface area contributed by atoms with E-state index in [9.17, 15) is 13.2 Å². The van der Waals surface area contributed by atoms with E-state index >= 15 is 0 Å². The van der Waals surface area contributed by atoms with Crippen molar-refractivity contribution in [1.82, 2.24) is 9.71 Å². The van der Waals surface area contributed by atoms with Crippen LogP contribution in [0.5, 0.6) is 5.75 Å². The van der Waals surface area contributed by atoms with E-state index in [2.05, 4.69) is 20.3 Å². The van der Waals surface area contributed by atoms with Gasteiger partial charge >= 0.3 is 0 Å². The minimum Gasteiger partial charge on any atom is -0.495 e. The molecule has 0 aliphatic rings. The Morgan fingerprint density at radius 1 is 1.12 bits per heavy atom. The lowest BCUT2D eigenvalue weighted by Crippen LogP contribution is -2.40. The third-order valence-electron chi connectivity index (χ3n) is 4.80. The Balaban J connectivity index is 1.65. The molecule has 34 heavy (non-hydrogen) atoms. The lowest BCUT2D eigenvalue weighted by atomic mass is 10.1. The van der Waals surface area contributed by atoms with E-state index in [1.807, 2.05) is 24.6 Å². The number of carbonyl (C=O) groups excluding carboxylic acids is 1.